The molecular formula is C13H10KN. The average Bonchev–Trinajstić information content (AvgIpc) is 2.54. The van der Waals surface area contributed by atoms with Gasteiger partial charge in [-0.2, -0.15) is 0 Å². The molecule has 3 aromatic rings. The third kappa shape index (κ3) is 1.93. The summed E-state index contributed by atoms with van der Waals surface area (Å²) in [5.74, 6) is 0. The number of benzene rings is 2. The quantitative estimate of drug-likeness (QED) is 0.495. The molecule has 0 aliphatic carbocycles. The maximum Gasteiger partial charge on any atom is 1.00 e. The first-order valence-electron chi connectivity index (χ1n) is 4.76. The second-order valence-corrected chi connectivity index (χ2v) is 3.65. The molecule has 3 rings (SSSR count). The van der Waals surface area contributed by atoms with E-state index in [1.165, 1.54) is 16.3 Å². The number of hydrogen-bond acceptors (Lipinski definition) is 0. The number of hydrogen-bond donors (Lipinski definition) is 0. The first-order chi connectivity index (χ1) is 6.84. The van der Waals surface area contributed by atoms with E-state index in [4.69, 9.17) is 0 Å². The Morgan fingerprint density at radius 3 is 2.47 bits per heavy atom. The molecule has 1 heterocycles. The third-order valence-corrected chi connectivity index (χ3v) is 2.59. The molecule has 15 heavy (non-hydrogen) atoms. The van der Waals surface area contributed by atoms with Gasteiger partial charge >= 0.3 is 51.4 Å². The summed E-state index contributed by atoms with van der Waals surface area (Å²) in [6.45, 7) is 2.10. The van der Waals surface area contributed by atoms with Gasteiger partial charge in [-0.15, -0.1) is 11.0 Å². The summed E-state index contributed by atoms with van der Waals surface area (Å²) in [4.78, 5) is 4.58. The summed E-state index contributed by atoms with van der Waals surface area (Å²) in [5, 5.41) is 2.51. The predicted octanol–water partition coefficient (Wildman–Crippen LogP) is 0.263. The van der Waals surface area contributed by atoms with Crippen molar-refractivity contribution in [3.63, 3.8) is 0 Å². The van der Waals surface area contributed by atoms with E-state index in [2.05, 4.69) is 48.3 Å². The zero-order valence-electron chi connectivity index (χ0n) is 8.99. The molecule has 0 unspecified atom stereocenters. The minimum atomic E-state index is 0. The van der Waals surface area contributed by atoms with Gasteiger partial charge in [0, 0.05) is 0 Å². The molecule has 0 N–H and O–H groups in total. The standard InChI is InChI=1S/C13H10N.K/c1-9-6-7-11-10-4-2-3-5-12(10)14-13(11)8-9;/h2-8H,1H3;/q-1;+1. The van der Waals surface area contributed by atoms with E-state index in [9.17, 15) is 0 Å². The SMILES string of the molecule is Cc1ccc2c(c1)[n-]c1ccccc12.[K+]. The van der Waals surface area contributed by atoms with Crippen molar-refractivity contribution in [3.8, 4) is 0 Å². The molecule has 2 aromatic carbocycles. The molecule has 0 radical (unpaired) electrons. The molecule has 68 valence electrons. The summed E-state index contributed by atoms with van der Waals surface area (Å²) in [6, 6.07) is 14.7. The molecule has 0 bridgehead atoms. The van der Waals surface area contributed by atoms with Crippen LogP contribution in [0, 0.1) is 6.92 Å². The zero-order valence-corrected chi connectivity index (χ0v) is 12.1. The van der Waals surface area contributed by atoms with Crippen molar-refractivity contribution in [1.82, 2.24) is 4.98 Å². The van der Waals surface area contributed by atoms with Crippen molar-refractivity contribution in [2.75, 3.05) is 0 Å². The van der Waals surface area contributed by atoms with Gasteiger partial charge in [0.25, 0.3) is 0 Å². The molecule has 0 fully saturated rings. The number of rotatable bonds is 0. The van der Waals surface area contributed by atoms with Crippen LogP contribution < -0.4 is 56.4 Å². The van der Waals surface area contributed by atoms with Crippen LogP contribution in [0.3, 0.4) is 0 Å². The van der Waals surface area contributed by atoms with Crippen LogP contribution in [-0.4, -0.2) is 0 Å². The van der Waals surface area contributed by atoms with Crippen LogP contribution in [0.5, 0.6) is 0 Å². The van der Waals surface area contributed by atoms with Crippen molar-refractivity contribution in [3.05, 3.63) is 48.0 Å². The fourth-order valence-electron chi connectivity index (χ4n) is 1.89. The normalized spacial score (nSPS) is 10.5. The van der Waals surface area contributed by atoms with Crippen LogP contribution in [-0.2, 0) is 0 Å². The largest absolute Gasteiger partial charge is 1.00 e. The molecular weight excluding hydrogens is 209 g/mol. The summed E-state index contributed by atoms with van der Waals surface area (Å²) >= 11 is 0. The summed E-state index contributed by atoms with van der Waals surface area (Å²) < 4.78 is 0. The fourth-order valence-corrected chi connectivity index (χ4v) is 1.89. The molecule has 0 amide bonds. The van der Waals surface area contributed by atoms with Gasteiger partial charge in [0.2, 0.25) is 0 Å². The van der Waals surface area contributed by atoms with E-state index in [-0.39, 0.29) is 51.4 Å². The smallest absolute Gasteiger partial charge is 0.657 e. The molecule has 0 saturated heterocycles. The second-order valence-electron chi connectivity index (χ2n) is 3.65. The summed E-state index contributed by atoms with van der Waals surface area (Å²) in [6.07, 6.45) is 0. The van der Waals surface area contributed by atoms with Crippen molar-refractivity contribution in [2.24, 2.45) is 0 Å². The van der Waals surface area contributed by atoms with E-state index in [0.717, 1.165) is 11.0 Å². The Balaban J connectivity index is 0.000000853. The van der Waals surface area contributed by atoms with Crippen molar-refractivity contribution in [2.45, 2.75) is 6.92 Å². The van der Waals surface area contributed by atoms with Gasteiger partial charge in [0.1, 0.15) is 0 Å². The Kier molecular flexibility index (Phi) is 3.33. The molecule has 0 saturated carbocycles. The molecule has 2 heteroatoms. The van der Waals surface area contributed by atoms with Crippen molar-refractivity contribution < 1.29 is 51.4 Å². The maximum atomic E-state index is 4.58. The Hall–Kier alpha value is -0.124. The van der Waals surface area contributed by atoms with Crippen molar-refractivity contribution >= 4 is 21.8 Å². The van der Waals surface area contributed by atoms with Crippen LogP contribution in [0.2, 0.25) is 0 Å². The third-order valence-electron chi connectivity index (χ3n) is 2.59. The Bertz CT molecular complexity index is 610. The van der Waals surface area contributed by atoms with Gasteiger partial charge in [0.05, 0.1) is 0 Å². The van der Waals surface area contributed by atoms with Crippen molar-refractivity contribution in [1.29, 1.82) is 0 Å². The van der Waals surface area contributed by atoms with E-state index in [1.807, 2.05) is 6.07 Å². The van der Waals surface area contributed by atoms with Crippen LogP contribution in [0.25, 0.3) is 21.8 Å². The number of nitrogens with zero attached hydrogens (tertiary/aromatic N) is 1. The Labute approximate surface area is 131 Å². The predicted molar refractivity (Wildman–Crippen MR) is 59.5 cm³/mol. The van der Waals surface area contributed by atoms with Gasteiger partial charge in [-0.25, -0.2) is 0 Å². The monoisotopic (exact) mass is 219 g/mol. The maximum absolute atomic E-state index is 4.58. The number of aromatic nitrogens is 1. The molecule has 1 aromatic heterocycles. The van der Waals surface area contributed by atoms with Gasteiger partial charge in [-0.05, 0) is 17.7 Å². The fraction of sp³-hybridized carbons (Fsp3) is 0.0769. The number of aryl methyl sites for hydroxylation is 1. The number of fused-ring (bicyclic) bond motifs is 3. The number of para-hydroxylation sites is 1. The molecule has 0 atom stereocenters. The first kappa shape index (κ1) is 11.4. The summed E-state index contributed by atoms with van der Waals surface area (Å²) in [7, 11) is 0. The molecule has 1 nitrogen and oxygen atoms in total. The second kappa shape index (κ2) is 4.40. The van der Waals surface area contributed by atoms with Gasteiger partial charge < -0.3 is 4.98 Å². The van der Waals surface area contributed by atoms with E-state index < -0.39 is 0 Å². The molecule has 0 spiro atoms. The van der Waals surface area contributed by atoms with Crippen LogP contribution in [0.4, 0.5) is 0 Å². The van der Waals surface area contributed by atoms with Crippen LogP contribution in [0.1, 0.15) is 5.56 Å². The topological polar surface area (TPSA) is 14.1 Å². The zero-order chi connectivity index (χ0) is 9.54. The van der Waals surface area contributed by atoms with E-state index >= 15 is 0 Å². The van der Waals surface area contributed by atoms with E-state index in [1.54, 1.807) is 0 Å². The first-order valence-corrected chi connectivity index (χ1v) is 4.76. The Morgan fingerprint density at radius 1 is 0.867 bits per heavy atom. The Morgan fingerprint density at radius 2 is 1.60 bits per heavy atom. The minimum absolute atomic E-state index is 0. The van der Waals surface area contributed by atoms with Crippen LogP contribution in [0.15, 0.2) is 42.5 Å². The van der Waals surface area contributed by atoms with E-state index in [0.29, 0.717) is 0 Å². The van der Waals surface area contributed by atoms with Crippen LogP contribution >= 0.6 is 0 Å². The van der Waals surface area contributed by atoms with Gasteiger partial charge in [0.15, 0.2) is 0 Å². The average molecular weight is 219 g/mol. The summed E-state index contributed by atoms with van der Waals surface area (Å²) in [5.41, 5.74) is 3.46. The minimum Gasteiger partial charge on any atom is -0.657 e. The van der Waals surface area contributed by atoms with Gasteiger partial charge in [-0.3, -0.25) is 0 Å². The molecule has 0 aliphatic heterocycles. The van der Waals surface area contributed by atoms with Gasteiger partial charge in [-0.1, -0.05) is 48.0 Å². The molecule has 0 aliphatic rings.